The highest BCUT2D eigenvalue weighted by atomic mass is 35.5. The molecule has 1 aromatic carbocycles. The third kappa shape index (κ3) is 4.77. The Morgan fingerprint density at radius 3 is 2.23 bits per heavy atom. The average Bonchev–Trinajstić information content (AvgIpc) is 3.16. The Bertz CT molecular complexity index is 1080. The van der Waals surface area contributed by atoms with Crippen molar-refractivity contribution >= 4 is 39.1 Å². The standard InChI is InChI=1S/C21H28Cl2N4O3S/c1-14(2)17-13-16(24-27(17)21(3,4)5)20(28)25-9-11-26(12-10-25)31(29,30)18-8-6-7-15(22)19(18)23/h6-8,13-14H,9-12H2,1-5H3. The van der Waals surface area contributed by atoms with Gasteiger partial charge in [-0.05, 0) is 44.9 Å². The fourth-order valence-corrected chi connectivity index (χ4v) is 5.72. The van der Waals surface area contributed by atoms with Gasteiger partial charge in [0.25, 0.3) is 5.91 Å². The molecule has 1 saturated heterocycles. The fourth-order valence-electron chi connectivity index (χ4n) is 3.56. The van der Waals surface area contributed by atoms with Crippen LogP contribution < -0.4 is 0 Å². The minimum absolute atomic E-state index is 0.0107. The third-order valence-corrected chi connectivity index (χ3v) is 8.11. The maximum atomic E-state index is 13.1. The molecular weight excluding hydrogens is 459 g/mol. The highest BCUT2D eigenvalue weighted by molar-refractivity contribution is 7.89. The van der Waals surface area contributed by atoms with Crippen LogP contribution in [-0.4, -0.2) is 59.5 Å². The van der Waals surface area contributed by atoms with Crippen LogP contribution in [0.5, 0.6) is 0 Å². The van der Waals surface area contributed by atoms with E-state index < -0.39 is 10.0 Å². The fraction of sp³-hybridized carbons (Fsp3) is 0.524. The van der Waals surface area contributed by atoms with Gasteiger partial charge < -0.3 is 4.90 Å². The van der Waals surface area contributed by atoms with Gasteiger partial charge in [0.1, 0.15) is 4.90 Å². The van der Waals surface area contributed by atoms with Gasteiger partial charge in [0.15, 0.2) is 5.69 Å². The summed E-state index contributed by atoms with van der Waals surface area (Å²) in [6, 6.07) is 6.38. The number of benzene rings is 1. The van der Waals surface area contributed by atoms with Crippen molar-refractivity contribution in [2.45, 2.75) is 51.0 Å². The van der Waals surface area contributed by atoms with E-state index >= 15 is 0 Å². The first-order valence-electron chi connectivity index (χ1n) is 10.2. The summed E-state index contributed by atoms with van der Waals surface area (Å²) < 4.78 is 29.2. The van der Waals surface area contributed by atoms with Crippen molar-refractivity contribution in [2.24, 2.45) is 0 Å². The van der Waals surface area contributed by atoms with Crippen molar-refractivity contribution in [2.75, 3.05) is 26.2 Å². The average molecular weight is 487 g/mol. The lowest BCUT2D eigenvalue weighted by Crippen LogP contribution is -2.50. The number of carbonyl (C=O) groups excluding carboxylic acids is 1. The Hall–Kier alpha value is -1.61. The van der Waals surface area contributed by atoms with Crippen molar-refractivity contribution in [1.82, 2.24) is 19.0 Å². The number of piperazine rings is 1. The topological polar surface area (TPSA) is 75.5 Å². The van der Waals surface area contributed by atoms with E-state index in [0.29, 0.717) is 5.69 Å². The molecule has 0 radical (unpaired) electrons. The van der Waals surface area contributed by atoms with E-state index in [9.17, 15) is 13.2 Å². The number of hydrogen-bond acceptors (Lipinski definition) is 4. The molecule has 2 aromatic rings. The number of aromatic nitrogens is 2. The number of carbonyl (C=O) groups is 1. The summed E-state index contributed by atoms with van der Waals surface area (Å²) in [5.41, 5.74) is 1.13. The van der Waals surface area contributed by atoms with Gasteiger partial charge in [-0.2, -0.15) is 9.40 Å². The Balaban J connectivity index is 1.77. The molecule has 1 aromatic heterocycles. The first-order chi connectivity index (χ1) is 14.3. The van der Waals surface area contributed by atoms with Gasteiger partial charge in [-0.3, -0.25) is 9.48 Å². The lowest BCUT2D eigenvalue weighted by atomic mass is 10.1. The monoisotopic (exact) mass is 486 g/mol. The van der Waals surface area contributed by atoms with Crippen molar-refractivity contribution < 1.29 is 13.2 Å². The molecule has 1 fully saturated rings. The second-order valence-electron chi connectivity index (χ2n) is 8.94. The molecule has 1 aliphatic heterocycles. The summed E-state index contributed by atoms with van der Waals surface area (Å²) in [5.74, 6) is 0.0282. The molecule has 0 bridgehead atoms. The molecular formula is C21H28Cl2N4O3S. The van der Waals surface area contributed by atoms with Crippen LogP contribution in [0, 0.1) is 0 Å². The summed E-state index contributed by atoms with van der Waals surface area (Å²) in [4.78, 5) is 14.7. The summed E-state index contributed by atoms with van der Waals surface area (Å²) in [7, 11) is -3.80. The van der Waals surface area contributed by atoms with Crippen molar-refractivity contribution in [3.05, 3.63) is 45.7 Å². The summed E-state index contributed by atoms with van der Waals surface area (Å²) >= 11 is 12.1. The van der Waals surface area contributed by atoms with Gasteiger partial charge >= 0.3 is 0 Å². The number of sulfonamides is 1. The van der Waals surface area contributed by atoms with E-state index in [2.05, 4.69) is 18.9 Å². The molecule has 3 rings (SSSR count). The highest BCUT2D eigenvalue weighted by Crippen LogP contribution is 2.31. The predicted octanol–water partition coefficient (Wildman–Crippen LogP) is 4.22. The molecule has 2 heterocycles. The molecule has 170 valence electrons. The van der Waals surface area contributed by atoms with E-state index in [-0.39, 0.29) is 58.5 Å². The van der Waals surface area contributed by atoms with Gasteiger partial charge in [0, 0.05) is 31.9 Å². The van der Waals surface area contributed by atoms with Gasteiger partial charge in [-0.25, -0.2) is 8.42 Å². The molecule has 0 N–H and O–H groups in total. The zero-order valence-electron chi connectivity index (χ0n) is 18.4. The molecule has 0 atom stereocenters. The first kappa shape index (κ1) is 24.0. The SMILES string of the molecule is CC(C)c1cc(C(=O)N2CCN(S(=O)(=O)c3cccc(Cl)c3Cl)CC2)nn1C(C)(C)C. The van der Waals surface area contributed by atoms with Gasteiger partial charge in [0.2, 0.25) is 10.0 Å². The summed E-state index contributed by atoms with van der Waals surface area (Å²) in [6.07, 6.45) is 0. The second-order valence-corrected chi connectivity index (χ2v) is 11.6. The van der Waals surface area contributed by atoms with E-state index in [1.54, 1.807) is 17.0 Å². The number of halogens is 2. The largest absolute Gasteiger partial charge is 0.335 e. The molecule has 1 aliphatic rings. The van der Waals surface area contributed by atoms with Crippen LogP contribution in [0.1, 0.15) is 56.7 Å². The zero-order valence-corrected chi connectivity index (χ0v) is 20.7. The Labute approximate surface area is 194 Å². The highest BCUT2D eigenvalue weighted by Gasteiger charge is 2.33. The van der Waals surface area contributed by atoms with Crippen LogP contribution in [0.4, 0.5) is 0 Å². The van der Waals surface area contributed by atoms with Crippen LogP contribution in [0.25, 0.3) is 0 Å². The van der Waals surface area contributed by atoms with E-state index in [1.165, 1.54) is 10.4 Å². The summed E-state index contributed by atoms with van der Waals surface area (Å²) in [6.45, 7) is 11.2. The van der Waals surface area contributed by atoms with E-state index in [0.717, 1.165) is 5.69 Å². The minimum Gasteiger partial charge on any atom is -0.335 e. The third-order valence-electron chi connectivity index (χ3n) is 5.24. The van der Waals surface area contributed by atoms with E-state index in [4.69, 9.17) is 23.2 Å². The number of nitrogens with zero attached hydrogens (tertiary/aromatic N) is 4. The molecule has 1 amide bonds. The van der Waals surface area contributed by atoms with Crippen molar-refractivity contribution in [1.29, 1.82) is 0 Å². The molecule has 0 spiro atoms. The second kappa shape index (κ2) is 8.73. The summed E-state index contributed by atoms with van der Waals surface area (Å²) in [5, 5.41) is 4.77. The van der Waals surface area contributed by atoms with Crippen LogP contribution in [0.2, 0.25) is 10.0 Å². The Morgan fingerprint density at radius 1 is 1.10 bits per heavy atom. The van der Waals surface area contributed by atoms with E-state index in [1.807, 2.05) is 31.5 Å². The Morgan fingerprint density at radius 2 is 1.71 bits per heavy atom. The molecule has 0 aliphatic carbocycles. The molecule has 10 heteroatoms. The molecule has 31 heavy (non-hydrogen) atoms. The number of rotatable bonds is 4. The lowest BCUT2D eigenvalue weighted by Gasteiger charge is -2.33. The molecule has 0 unspecified atom stereocenters. The van der Waals surface area contributed by atoms with Crippen LogP contribution in [0.3, 0.4) is 0 Å². The van der Waals surface area contributed by atoms with Crippen molar-refractivity contribution in [3.8, 4) is 0 Å². The smallest absolute Gasteiger partial charge is 0.274 e. The first-order valence-corrected chi connectivity index (χ1v) is 12.4. The molecule has 0 saturated carbocycles. The van der Waals surface area contributed by atoms with Gasteiger partial charge in [-0.1, -0.05) is 43.1 Å². The Kier molecular flexibility index (Phi) is 6.77. The van der Waals surface area contributed by atoms with Crippen LogP contribution >= 0.6 is 23.2 Å². The number of amides is 1. The van der Waals surface area contributed by atoms with Crippen LogP contribution in [-0.2, 0) is 15.6 Å². The van der Waals surface area contributed by atoms with Crippen molar-refractivity contribution in [3.63, 3.8) is 0 Å². The van der Waals surface area contributed by atoms with Crippen LogP contribution in [0.15, 0.2) is 29.2 Å². The lowest BCUT2D eigenvalue weighted by molar-refractivity contribution is 0.0690. The normalized spacial score (nSPS) is 16.2. The minimum atomic E-state index is -3.80. The van der Waals surface area contributed by atoms with Gasteiger partial charge in [-0.15, -0.1) is 0 Å². The van der Waals surface area contributed by atoms with Gasteiger partial charge in [0.05, 0.1) is 15.6 Å². The molecule has 7 nitrogen and oxygen atoms in total. The quantitative estimate of drug-likeness (QED) is 0.648. The maximum Gasteiger partial charge on any atom is 0.274 e. The number of hydrogen-bond donors (Lipinski definition) is 0. The maximum absolute atomic E-state index is 13.1. The predicted molar refractivity (Wildman–Crippen MR) is 122 cm³/mol. The zero-order chi connectivity index (χ0) is 23.1.